The van der Waals surface area contributed by atoms with E-state index in [0.29, 0.717) is 23.6 Å². The number of ether oxygens (including phenoxy) is 2. The van der Waals surface area contributed by atoms with Gasteiger partial charge in [0, 0.05) is 5.69 Å². The Bertz CT molecular complexity index is 421. The van der Waals surface area contributed by atoms with Gasteiger partial charge in [-0.3, -0.25) is 0 Å². The molecule has 100 valence electrons. The first-order valence-corrected chi connectivity index (χ1v) is 6.69. The fourth-order valence-electron chi connectivity index (χ4n) is 1.50. The van der Waals surface area contributed by atoms with Gasteiger partial charge in [-0.2, -0.15) is 0 Å². The van der Waals surface area contributed by atoms with Crippen LogP contribution in [0.25, 0.3) is 0 Å². The van der Waals surface area contributed by atoms with Crippen molar-refractivity contribution >= 4 is 27.6 Å². The molecule has 2 N–H and O–H groups in total. The largest absolute Gasteiger partial charge is 0.492 e. The van der Waals surface area contributed by atoms with E-state index in [1.807, 2.05) is 0 Å². The summed E-state index contributed by atoms with van der Waals surface area (Å²) in [5.41, 5.74) is 6.45. The number of methoxy groups -OCH3 is 1. The zero-order valence-electron chi connectivity index (χ0n) is 10.7. The fraction of sp³-hybridized carbons (Fsp3) is 0.462. The van der Waals surface area contributed by atoms with Gasteiger partial charge in [0.25, 0.3) is 0 Å². The van der Waals surface area contributed by atoms with Crippen LogP contribution in [0.2, 0.25) is 0 Å². The van der Waals surface area contributed by atoms with Gasteiger partial charge in [0.1, 0.15) is 5.75 Å². The molecule has 0 aromatic heterocycles. The van der Waals surface area contributed by atoms with Crippen molar-refractivity contribution < 1.29 is 14.3 Å². The molecule has 0 saturated heterocycles. The van der Waals surface area contributed by atoms with Gasteiger partial charge in [-0.05, 0) is 34.5 Å². The maximum atomic E-state index is 11.5. The topological polar surface area (TPSA) is 61.5 Å². The van der Waals surface area contributed by atoms with Crippen LogP contribution in [0.15, 0.2) is 16.6 Å². The van der Waals surface area contributed by atoms with Crippen LogP contribution < -0.4 is 10.5 Å². The molecule has 0 radical (unpaired) electrons. The third-order valence-corrected chi connectivity index (χ3v) is 3.13. The second-order valence-corrected chi connectivity index (χ2v) is 4.77. The van der Waals surface area contributed by atoms with Gasteiger partial charge < -0.3 is 15.2 Å². The molecule has 1 aromatic rings. The van der Waals surface area contributed by atoms with Crippen molar-refractivity contribution in [2.75, 3.05) is 19.5 Å². The third-order valence-electron chi connectivity index (χ3n) is 2.51. The molecule has 0 aliphatic carbocycles. The molecule has 0 unspecified atom stereocenters. The lowest BCUT2D eigenvalue weighted by Gasteiger charge is -2.11. The summed E-state index contributed by atoms with van der Waals surface area (Å²) >= 11 is 3.36. The summed E-state index contributed by atoms with van der Waals surface area (Å²) in [6.07, 6.45) is 3.25. The first-order valence-electron chi connectivity index (χ1n) is 5.90. The van der Waals surface area contributed by atoms with E-state index in [-0.39, 0.29) is 0 Å². The molecule has 1 rings (SSSR count). The highest BCUT2D eigenvalue weighted by molar-refractivity contribution is 9.10. The lowest BCUT2D eigenvalue weighted by atomic mass is 10.1. The molecule has 4 nitrogen and oxygen atoms in total. The van der Waals surface area contributed by atoms with Crippen molar-refractivity contribution in [3.63, 3.8) is 0 Å². The van der Waals surface area contributed by atoms with E-state index in [4.69, 9.17) is 10.5 Å². The molecular formula is C13H18BrNO3. The number of halogens is 1. The summed E-state index contributed by atoms with van der Waals surface area (Å²) in [5, 5.41) is 0. The van der Waals surface area contributed by atoms with Gasteiger partial charge in [0.05, 0.1) is 23.8 Å². The number of nitrogens with two attached hydrogens (primary N) is 1. The lowest BCUT2D eigenvalue weighted by Crippen LogP contribution is -2.07. The zero-order valence-corrected chi connectivity index (χ0v) is 12.2. The number of benzene rings is 1. The van der Waals surface area contributed by atoms with Crippen LogP contribution in [0.4, 0.5) is 5.69 Å². The Morgan fingerprint density at radius 2 is 2.11 bits per heavy atom. The van der Waals surface area contributed by atoms with Gasteiger partial charge >= 0.3 is 5.97 Å². The number of anilines is 1. The molecule has 0 bridgehead atoms. The molecule has 0 saturated carbocycles. The highest BCUT2D eigenvalue weighted by Gasteiger charge is 2.14. The Balaban J connectivity index is 2.81. The maximum Gasteiger partial charge on any atom is 0.340 e. The Hall–Kier alpha value is -1.23. The lowest BCUT2D eigenvalue weighted by molar-refractivity contribution is 0.0601. The Morgan fingerprint density at radius 3 is 2.72 bits per heavy atom. The molecule has 0 fully saturated rings. The van der Waals surface area contributed by atoms with Crippen LogP contribution in [0.5, 0.6) is 5.75 Å². The summed E-state index contributed by atoms with van der Waals surface area (Å²) in [6.45, 7) is 2.76. The smallest absolute Gasteiger partial charge is 0.340 e. The van der Waals surface area contributed by atoms with Crippen LogP contribution in [-0.2, 0) is 4.74 Å². The van der Waals surface area contributed by atoms with E-state index in [9.17, 15) is 4.79 Å². The van der Waals surface area contributed by atoms with Crippen molar-refractivity contribution in [2.24, 2.45) is 0 Å². The molecule has 5 heteroatoms. The summed E-state index contributed by atoms with van der Waals surface area (Å²) in [5.74, 6) is 0.152. The van der Waals surface area contributed by atoms with Gasteiger partial charge in [-0.1, -0.05) is 19.8 Å². The quantitative estimate of drug-likeness (QED) is 0.496. The Kier molecular flexibility index (Phi) is 5.98. The summed E-state index contributed by atoms with van der Waals surface area (Å²) < 4.78 is 11.0. The predicted molar refractivity (Wildman–Crippen MR) is 74.9 cm³/mol. The summed E-state index contributed by atoms with van der Waals surface area (Å²) in [6, 6.07) is 3.26. The van der Waals surface area contributed by atoms with Crippen molar-refractivity contribution in [1.29, 1.82) is 0 Å². The normalized spacial score (nSPS) is 10.2. The van der Waals surface area contributed by atoms with Crippen LogP contribution in [0.1, 0.15) is 36.5 Å². The number of rotatable bonds is 6. The number of carbonyl (C=O) groups excluding carboxylic acids is 1. The van der Waals surface area contributed by atoms with Gasteiger partial charge in [0.15, 0.2) is 0 Å². The highest BCUT2D eigenvalue weighted by atomic mass is 79.9. The average Bonchev–Trinajstić information content (AvgIpc) is 2.36. The van der Waals surface area contributed by atoms with Crippen LogP contribution in [0.3, 0.4) is 0 Å². The third kappa shape index (κ3) is 3.91. The van der Waals surface area contributed by atoms with Crippen LogP contribution >= 0.6 is 15.9 Å². The minimum atomic E-state index is -0.460. The van der Waals surface area contributed by atoms with Crippen molar-refractivity contribution in [2.45, 2.75) is 26.2 Å². The number of esters is 1. The Morgan fingerprint density at radius 1 is 1.39 bits per heavy atom. The SMILES string of the molecule is CCCCCOc1cc(C(=O)OC)c(N)cc1Br. The molecule has 0 amide bonds. The second-order valence-electron chi connectivity index (χ2n) is 3.92. The number of unbranched alkanes of at least 4 members (excludes halogenated alkanes) is 2. The molecule has 0 aliphatic heterocycles. The molecular weight excluding hydrogens is 298 g/mol. The van der Waals surface area contributed by atoms with E-state index < -0.39 is 5.97 Å². The number of carbonyl (C=O) groups is 1. The molecule has 0 aliphatic rings. The van der Waals surface area contributed by atoms with E-state index in [1.165, 1.54) is 7.11 Å². The minimum Gasteiger partial charge on any atom is -0.492 e. The van der Waals surface area contributed by atoms with E-state index in [0.717, 1.165) is 23.7 Å². The number of hydrogen-bond donors (Lipinski definition) is 1. The summed E-state index contributed by atoms with van der Waals surface area (Å²) in [7, 11) is 1.32. The van der Waals surface area contributed by atoms with Gasteiger partial charge in [0.2, 0.25) is 0 Å². The fourth-order valence-corrected chi connectivity index (χ4v) is 1.98. The minimum absolute atomic E-state index is 0.325. The monoisotopic (exact) mass is 315 g/mol. The maximum absolute atomic E-state index is 11.5. The molecule has 0 heterocycles. The van der Waals surface area contributed by atoms with Crippen molar-refractivity contribution in [1.82, 2.24) is 0 Å². The van der Waals surface area contributed by atoms with E-state index in [1.54, 1.807) is 12.1 Å². The van der Waals surface area contributed by atoms with E-state index >= 15 is 0 Å². The summed E-state index contributed by atoms with van der Waals surface area (Å²) in [4.78, 5) is 11.5. The van der Waals surface area contributed by atoms with Crippen molar-refractivity contribution in [3.05, 3.63) is 22.2 Å². The van der Waals surface area contributed by atoms with Gasteiger partial charge in [-0.25, -0.2) is 4.79 Å². The molecule has 18 heavy (non-hydrogen) atoms. The average molecular weight is 316 g/mol. The van der Waals surface area contributed by atoms with Gasteiger partial charge in [-0.15, -0.1) is 0 Å². The predicted octanol–water partition coefficient (Wildman–Crippen LogP) is 3.39. The molecule has 1 aromatic carbocycles. The highest BCUT2D eigenvalue weighted by Crippen LogP contribution is 2.30. The standard InChI is InChI=1S/C13H18BrNO3/c1-3-4-5-6-18-12-7-9(13(16)17-2)11(15)8-10(12)14/h7-8H,3-6,15H2,1-2H3. The first-order chi connectivity index (χ1) is 8.60. The number of hydrogen-bond acceptors (Lipinski definition) is 4. The zero-order chi connectivity index (χ0) is 13.5. The second kappa shape index (κ2) is 7.26. The molecule has 0 atom stereocenters. The van der Waals surface area contributed by atoms with E-state index in [2.05, 4.69) is 27.6 Å². The van der Waals surface area contributed by atoms with Crippen LogP contribution in [-0.4, -0.2) is 19.7 Å². The molecule has 0 spiro atoms. The van der Waals surface area contributed by atoms with Crippen LogP contribution in [0, 0.1) is 0 Å². The van der Waals surface area contributed by atoms with Crippen molar-refractivity contribution in [3.8, 4) is 5.75 Å². The number of nitrogen functional groups attached to an aromatic ring is 1. The Labute approximate surface area is 116 Å². The first kappa shape index (κ1) is 14.8.